The first-order chi connectivity index (χ1) is 13.5. The van der Waals surface area contributed by atoms with Gasteiger partial charge in [0.15, 0.2) is 0 Å². The van der Waals surface area contributed by atoms with Crippen molar-refractivity contribution >= 4 is 23.2 Å². The fourth-order valence-electron chi connectivity index (χ4n) is 3.93. The summed E-state index contributed by atoms with van der Waals surface area (Å²) >= 11 is 0. The monoisotopic (exact) mass is 384 g/mol. The van der Waals surface area contributed by atoms with Crippen LogP contribution >= 0.6 is 0 Å². The van der Waals surface area contributed by atoms with Gasteiger partial charge in [0.05, 0.1) is 5.69 Å². The van der Waals surface area contributed by atoms with Gasteiger partial charge in [0.25, 0.3) is 5.91 Å². The fourth-order valence-corrected chi connectivity index (χ4v) is 3.93. The third kappa shape index (κ3) is 4.98. The van der Waals surface area contributed by atoms with Crippen LogP contribution in [0.4, 0.5) is 5.69 Å². The molecule has 6 nitrogen and oxygen atoms in total. The SMILES string of the molecule is Cc1ccc(C)c(N2N=C(C(=O)NCCCN3CCCCC3C)CCC2=O)c1. The van der Waals surface area contributed by atoms with Crippen LogP contribution in [0.15, 0.2) is 23.3 Å². The second-order valence-electron chi connectivity index (χ2n) is 8.03. The molecule has 1 fully saturated rings. The molecule has 0 radical (unpaired) electrons. The van der Waals surface area contributed by atoms with E-state index in [1.807, 2.05) is 32.0 Å². The maximum Gasteiger partial charge on any atom is 0.267 e. The molecule has 2 aliphatic heterocycles. The van der Waals surface area contributed by atoms with Gasteiger partial charge in [0.1, 0.15) is 5.71 Å². The number of nitrogens with one attached hydrogen (secondary N) is 1. The largest absolute Gasteiger partial charge is 0.351 e. The van der Waals surface area contributed by atoms with Gasteiger partial charge in [-0.05, 0) is 63.8 Å². The zero-order valence-electron chi connectivity index (χ0n) is 17.3. The molecule has 3 rings (SSSR count). The molecule has 2 heterocycles. The van der Waals surface area contributed by atoms with Gasteiger partial charge in [-0.2, -0.15) is 5.10 Å². The summed E-state index contributed by atoms with van der Waals surface area (Å²) in [5.74, 6) is -0.223. The summed E-state index contributed by atoms with van der Waals surface area (Å²) in [5, 5.41) is 8.78. The van der Waals surface area contributed by atoms with Crippen molar-refractivity contribution in [3.8, 4) is 0 Å². The van der Waals surface area contributed by atoms with Gasteiger partial charge in [0.2, 0.25) is 5.91 Å². The molecular formula is C22H32N4O2. The summed E-state index contributed by atoms with van der Waals surface area (Å²) in [5.41, 5.74) is 3.23. The van der Waals surface area contributed by atoms with E-state index in [2.05, 4.69) is 22.2 Å². The van der Waals surface area contributed by atoms with E-state index in [9.17, 15) is 9.59 Å². The summed E-state index contributed by atoms with van der Waals surface area (Å²) in [7, 11) is 0. The first-order valence-corrected chi connectivity index (χ1v) is 10.5. The highest BCUT2D eigenvalue weighted by atomic mass is 16.2. The number of amides is 2. The summed E-state index contributed by atoms with van der Waals surface area (Å²) in [6, 6.07) is 6.57. The van der Waals surface area contributed by atoms with Gasteiger partial charge >= 0.3 is 0 Å². The molecule has 6 heteroatoms. The van der Waals surface area contributed by atoms with E-state index in [-0.39, 0.29) is 11.8 Å². The fraction of sp³-hybridized carbons (Fsp3) is 0.591. The van der Waals surface area contributed by atoms with E-state index in [1.165, 1.54) is 24.3 Å². The number of anilines is 1. The van der Waals surface area contributed by atoms with E-state index in [1.54, 1.807) is 0 Å². The van der Waals surface area contributed by atoms with Crippen LogP contribution in [0.1, 0.15) is 56.6 Å². The molecule has 152 valence electrons. The topological polar surface area (TPSA) is 65.0 Å². The molecule has 0 aliphatic carbocycles. The minimum Gasteiger partial charge on any atom is -0.351 e. The highest BCUT2D eigenvalue weighted by Gasteiger charge is 2.26. The van der Waals surface area contributed by atoms with Crippen molar-refractivity contribution in [2.45, 2.75) is 65.3 Å². The predicted octanol–water partition coefficient (Wildman–Crippen LogP) is 3.17. The predicted molar refractivity (Wildman–Crippen MR) is 113 cm³/mol. The van der Waals surface area contributed by atoms with E-state index in [0.717, 1.165) is 36.3 Å². The zero-order valence-corrected chi connectivity index (χ0v) is 17.3. The highest BCUT2D eigenvalue weighted by molar-refractivity contribution is 6.40. The minimum atomic E-state index is -0.158. The van der Waals surface area contributed by atoms with Crippen molar-refractivity contribution in [2.24, 2.45) is 5.10 Å². The Hall–Kier alpha value is -2.21. The normalized spacial score (nSPS) is 20.8. The summed E-state index contributed by atoms with van der Waals surface area (Å²) in [6.07, 6.45) is 5.51. The molecule has 0 spiro atoms. The number of rotatable bonds is 6. The Kier molecular flexibility index (Phi) is 6.83. The Bertz CT molecular complexity index is 759. The van der Waals surface area contributed by atoms with Crippen LogP contribution in [-0.4, -0.2) is 48.1 Å². The van der Waals surface area contributed by atoms with E-state index in [0.29, 0.717) is 31.1 Å². The number of likely N-dealkylation sites (tertiary alicyclic amines) is 1. The van der Waals surface area contributed by atoms with Crippen molar-refractivity contribution in [1.29, 1.82) is 0 Å². The Labute approximate surface area is 168 Å². The lowest BCUT2D eigenvalue weighted by Crippen LogP contribution is -2.41. The summed E-state index contributed by atoms with van der Waals surface area (Å²) < 4.78 is 0. The average Bonchev–Trinajstić information content (AvgIpc) is 2.68. The van der Waals surface area contributed by atoms with Gasteiger partial charge in [-0.3, -0.25) is 9.59 Å². The molecule has 1 atom stereocenters. The van der Waals surface area contributed by atoms with E-state index >= 15 is 0 Å². The molecule has 1 unspecified atom stereocenters. The van der Waals surface area contributed by atoms with Crippen molar-refractivity contribution in [2.75, 3.05) is 24.6 Å². The van der Waals surface area contributed by atoms with Crippen LogP contribution in [0, 0.1) is 13.8 Å². The number of nitrogens with zero attached hydrogens (tertiary/aromatic N) is 3. The van der Waals surface area contributed by atoms with E-state index < -0.39 is 0 Å². The first kappa shape index (κ1) is 20.5. The minimum absolute atomic E-state index is 0.0654. The average molecular weight is 385 g/mol. The van der Waals surface area contributed by atoms with Crippen molar-refractivity contribution < 1.29 is 9.59 Å². The molecule has 1 saturated heterocycles. The van der Waals surface area contributed by atoms with Crippen LogP contribution in [0.25, 0.3) is 0 Å². The summed E-state index contributed by atoms with van der Waals surface area (Å²) in [6.45, 7) is 9.03. The molecule has 2 aliphatic rings. The number of carbonyl (C=O) groups is 2. The van der Waals surface area contributed by atoms with Gasteiger partial charge in [0, 0.05) is 32.0 Å². The second kappa shape index (κ2) is 9.32. The first-order valence-electron chi connectivity index (χ1n) is 10.5. The molecule has 1 aromatic rings. The number of aryl methyl sites for hydroxylation is 2. The van der Waals surface area contributed by atoms with Crippen molar-refractivity contribution in [3.63, 3.8) is 0 Å². The molecule has 1 N–H and O–H groups in total. The lowest BCUT2D eigenvalue weighted by atomic mass is 10.0. The summed E-state index contributed by atoms with van der Waals surface area (Å²) in [4.78, 5) is 27.4. The number of hydrazone groups is 1. The van der Waals surface area contributed by atoms with Crippen LogP contribution in [0.3, 0.4) is 0 Å². The highest BCUT2D eigenvalue weighted by Crippen LogP contribution is 2.25. The van der Waals surface area contributed by atoms with Gasteiger partial charge < -0.3 is 10.2 Å². The smallest absolute Gasteiger partial charge is 0.267 e. The molecule has 1 aromatic carbocycles. The third-order valence-corrected chi connectivity index (χ3v) is 5.74. The molecule has 0 aromatic heterocycles. The second-order valence-corrected chi connectivity index (χ2v) is 8.03. The Morgan fingerprint density at radius 2 is 2.07 bits per heavy atom. The van der Waals surface area contributed by atoms with Gasteiger partial charge in [-0.15, -0.1) is 0 Å². The maximum atomic E-state index is 12.6. The molecule has 28 heavy (non-hydrogen) atoms. The number of benzene rings is 1. The van der Waals surface area contributed by atoms with Crippen LogP contribution in [0.2, 0.25) is 0 Å². The van der Waals surface area contributed by atoms with Crippen LogP contribution in [-0.2, 0) is 9.59 Å². The van der Waals surface area contributed by atoms with Gasteiger partial charge in [-0.1, -0.05) is 18.6 Å². The molecule has 0 saturated carbocycles. The zero-order chi connectivity index (χ0) is 20.1. The number of carbonyl (C=O) groups excluding carboxylic acids is 2. The lowest BCUT2D eigenvalue weighted by Gasteiger charge is -2.33. The third-order valence-electron chi connectivity index (χ3n) is 5.74. The van der Waals surface area contributed by atoms with Crippen LogP contribution < -0.4 is 10.3 Å². The lowest BCUT2D eigenvalue weighted by molar-refractivity contribution is -0.119. The standard InChI is InChI=1S/C22H32N4O2/c1-16-8-9-17(2)20(15-16)26-21(27)11-10-19(24-26)22(28)23-12-6-14-25-13-5-4-7-18(25)3/h8-9,15,18H,4-7,10-14H2,1-3H3,(H,23,28). The molecular weight excluding hydrogens is 352 g/mol. The number of hydrogen-bond acceptors (Lipinski definition) is 4. The molecule has 0 bridgehead atoms. The van der Waals surface area contributed by atoms with Crippen LogP contribution in [0.5, 0.6) is 0 Å². The Balaban J connectivity index is 1.57. The maximum absolute atomic E-state index is 12.6. The van der Waals surface area contributed by atoms with Gasteiger partial charge in [-0.25, -0.2) is 5.01 Å². The molecule has 2 amide bonds. The number of piperidine rings is 1. The quantitative estimate of drug-likeness (QED) is 0.766. The van der Waals surface area contributed by atoms with Crippen molar-refractivity contribution in [1.82, 2.24) is 10.2 Å². The van der Waals surface area contributed by atoms with E-state index in [4.69, 9.17) is 0 Å². The number of hydrogen-bond donors (Lipinski definition) is 1. The Morgan fingerprint density at radius 3 is 2.86 bits per heavy atom. The Morgan fingerprint density at radius 1 is 1.25 bits per heavy atom. The van der Waals surface area contributed by atoms with Crippen molar-refractivity contribution in [3.05, 3.63) is 29.3 Å².